The van der Waals surface area contributed by atoms with Crippen LogP contribution in [0.4, 0.5) is 5.69 Å². The molecule has 1 saturated carbocycles. The van der Waals surface area contributed by atoms with Crippen molar-refractivity contribution in [3.8, 4) is 5.75 Å². The predicted molar refractivity (Wildman–Crippen MR) is 167 cm³/mol. The number of ketones is 1. The van der Waals surface area contributed by atoms with Crippen LogP contribution in [0.15, 0.2) is 84.4 Å². The summed E-state index contributed by atoms with van der Waals surface area (Å²) >= 11 is 20.6. The van der Waals surface area contributed by atoms with Crippen LogP contribution in [-0.4, -0.2) is 56.2 Å². The Morgan fingerprint density at radius 1 is 0.867 bits per heavy atom. The van der Waals surface area contributed by atoms with E-state index in [0.717, 1.165) is 9.80 Å². The topological polar surface area (TPSA) is 112 Å². The van der Waals surface area contributed by atoms with E-state index in [4.69, 9.17) is 34.8 Å². The lowest BCUT2D eigenvalue weighted by Gasteiger charge is -2.50. The van der Waals surface area contributed by atoms with Gasteiger partial charge in [0.2, 0.25) is 11.8 Å². The SMILES string of the molecule is CN1C(=O)C2(Cl)CC3C(=CCC4C(=O)N(c5ccc(C(=O)c6ccccc6)cc5)C(=O)C43)C(c3cc(Cl)ccc3O)C2(Cl)C1=O. The molecule has 2 saturated heterocycles. The summed E-state index contributed by atoms with van der Waals surface area (Å²) in [5.41, 5.74) is 1.96. The molecule has 228 valence electrons. The van der Waals surface area contributed by atoms with Crippen molar-refractivity contribution in [3.63, 3.8) is 0 Å². The van der Waals surface area contributed by atoms with Gasteiger partial charge >= 0.3 is 0 Å². The molecule has 7 rings (SSSR count). The Kier molecular flexibility index (Phi) is 6.78. The number of halogens is 3. The second-order valence-electron chi connectivity index (χ2n) is 12.0. The number of phenols is 1. The first-order valence-electron chi connectivity index (χ1n) is 14.4. The molecule has 6 unspecified atom stereocenters. The average Bonchev–Trinajstić information content (AvgIpc) is 3.37. The fraction of sp³-hybridized carbons (Fsp3) is 0.265. The molecule has 11 heteroatoms. The molecule has 2 aliphatic carbocycles. The Morgan fingerprint density at radius 2 is 1.53 bits per heavy atom. The van der Waals surface area contributed by atoms with Crippen LogP contribution in [-0.2, 0) is 19.2 Å². The number of imide groups is 2. The molecular weight excluding hydrogens is 639 g/mol. The van der Waals surface area contributed by atoms with Gasteiger partial charge in [0.25, 0.3) is 11.8 Å². The molecule has 0 radical (unpaired) electrons. The van der Waals surface area contributed by atoms with Crippen molar-refractivity contribution < 1.29 is 29.1 Å². The summed E-state index contributed by atoms with van der Waals surface area (Å²) in [5.74, 6) is -6.26. The van der Waals surface area contributed by atoms with Gasteiger partial charge in [-0.3, -0.25) is 33.8 Å². The van der Waals surface area contributed by atoms with E-state index < -0.39 is 57.0 Å². The highest BCUT2D eigenvalue weighted by molar-refractivity contribution is 6.53. The van der Waals surface area contributed by atoms with Crippen molar-refractivity contribution in [2.24, 2.45) is 17.8 Å². The summed E-state index contributed by atoms with van der Waals surface area (Å²) in [4.78, 5) is 66.2. The van der Waals surface area contributed by atoms with Gasteiger partial charge in [0.1, 0.15) is 5.75 Å². The smallest absolute Gasteiger partial charge is 0.253 e. The van der Waals surface area contributed by atoms with Crippen molar-refractivity contribution in [3.05, 3.63) is 106 Å². The highest BCUT2D eigenvalue weighted by Crippen LogP contribution is 2.66. The Labute approximate surface area is 273 Å². The number of carbonyl (C=O) groups is 5. The summed E-state index contributed by atoms with van der Waals surface area (Å²) in [6.45, 7) is 0. The number of hydrogen-bond donors (Lipinski definition) is 1. The number of anilines is 1. The van der Waals surface area contributed by atoms with E-state index in [9.17, 15) is 29.1 Å². The maximum Gasteiger partial charge on any atom is 0.253 e. The molecule has 0 spiro atoms. The number of rotatable bonds is 4. The summed E-state index contributed by atoms with van der Waals surface area (Å²) in [6.07, 6.45) is 1.78. The molecule has 3 fully saturated rings. The normalized spacial score (nSPS) is 30.6. The van der Waals surface area contributed by atoms with E-state index in [1.54, 1.807) is 54.6 Å². The Morgan fingerprint density at radius 3 is 2.22 bits per heavy atom. The molecule has 1 N–H and O–H groups in total. The molecule has 0 bridgehead atoms. The van der Waals surface area contributed by atoms with Crippen LogP contribution in [0.1, 0.15) is 40.2 Å². The predicted octanol–water partition coefficient (Wildman–Crippen LogP) is 5.47. The monoisotopic (exact) mass is 662 g/mol. The number of nitrogens with zero attached hydrogens (tertiary/aromatic N) is 2. The lowest BCUT2D eigenvalue weighted by Crippen LogP contribution is -2.60. The van der Waals surface area contributed by atoms with Gasteiger partial charge in [-0.15, -0.1) is 23.2 Å². The molecular formula is C34H25Cl3N2O6. The second kappa shape index (κ2) is 10.3. The van der Waals surface area contributed by atoms with E-state index in [-0.39, 0.29) is 35.0 Å². The minimum Gasteiger partial charge on any atom is -0.508 e. The summed E-state index contributed by atoms with van der Waals surface area (Å²) in [7, 11) is 1.30. The molecule has 8 nitrogen and oxygen atoms in total. The van der Waals surface area contributed by atoms with Gasteiger partial charge in [0, 0.05) is 34.7 Å². The molecule has 0 aromatic heterocycles. The summed E-state index contributed by atoms with van der Waals surface area (Å²) in [5, 5.41) is 11.2. The van der Waals surface area contributed by atoms with Crippen LogP contribution in [0.5, 0.6) is 5.75 Å². The minimum atomic E-state index is -2.02. The minimum absolute atomic E-state index is 0.167. The van der Waals surface area contributed by atoms with E-state index in [1.165, 1.54) is 25.2 Å². The molecule has 2 aliphatic heterocycles. The van der Waals surface area contributed by atoms with Gasteiger partial charge in [-0.2, -0.15) is 0 Å². The zero-order valence-corrected chi connectivity index (χ0v) is 26.0. The highest BCUT2D eigenvalue weighted by Gasteiger charge is 2.76. The third-order valence-corrected chi connectivity index (χ3v) is 11.4. The van der Waals surface area contributed by atoms with E-state index in [1.807, 2.05) is 6.07 Å². The number of alkyl halides is 2. The molecule has 3 aromatic carbocycles. The summed E-state index contributed by atoms with van der Waals surface area (Å²) in [6, 6.07) is 19.3. The lowest BCUT2D eigenvalue weighted by atomic mass is 9.56. The Balaban J connectivity index is 1.29. The summed E-state index contributed by atoms with van der Waals surface area (Å²) < 4.78 is 0. The van der Waals surface area contributed by atoms with Gasteiger partial charge in [-0.05, 0) is 61.2 Å². The van der Waals surface area contributed by atoms with E-state index in [0.29, 0.717) is 22.4 Å². The number of carbonyl (C=O) groups excluding carboxylic acids is 5. The molecule has 6 atom stereocenters. The van der Waals surface area contributed by atoms with Crippen LogP contribution in [0, 0.1) is 17.8 Å². The van der Waals surface area contributed by atoms with Crippen LogP contribution < -0.4 is 4.90 Å². The van der Waals surface area contributed by atoms with Crippen molar-refractivity contribution >= 4 is 69.9 Å². The Bertz CT molecular complexity index is 1860. The van der Waals surface area contributed by atoms with Crippen LogP contribution in [0.3, 0.4) is 0 Å². The van der Waals surface area contributed by atoms with Crippen molar-refractivity contribution in [2.45, 2.75) is 28.5 Å². The van der Waals surface area contributed by atoms with E-state index >= 15 is 0 Å². The maximum atomic E-state index is 14.2. The fourth-order valence-corrected chi connectivity index (χ4v) is 8.81. The molecule has 45 heavy (non-hydrogen) atoms. The molecule has 3 aromatic rings. The number of hydrogen-bond acceptors (Lipinski definition) is 6. The van der Waals surface area contributed by atoms with Gasteiger partial charge in [-0.25, -0.2) is 0 Å². The van der Waals surface area contributed by atoms with Gasteiger partial charge in [0.05, 0.1) is 17.5 Å². The molecule has 4 aliphatic rings. The second-order valence-corrected chi connectivity index (χ2v) is 13.6. The van der Waals surface area contributed by atoms with Crippen LogP contribution in [0.25, 0.3) is 0 Å². The number of likely N-dealkylation sites (tertiary alicyclic amines) is 1. The van der Waals surface area contributed by atoms with Gasteiger partial charge < -0.3 is 5.11 Å². The fourth-order valence-electron chi connectivity index (χ4n) is 7.62. The van der Waals surface area contributed by atoms with E-state index in [2.05, 4.69) is 0 Å². The lowest BCUT2D eigenvalue weighted by molar-refractivity contribution is -0.138. The first-order chi connectivity index (χ1) is 21.4. The first-order valence-corrected chi connectivity index (χ1v) is 15.5. The van der Waals surface area contributed by atoms with Gasteiger partial charge in [-0.1, -0.05) is 53.6 Å². The number of aromatic hydroxyl groups is 1. The van der Waals surface area contributed by atoms with Crippen molar-refractivity contribution in [1.29, 1.82) is 0 Å². The zero-order valence-electron chi connectivity index (χ0n) is 23.7. The number of benzene rings is 3. The molecule has 2 heterocycles. The number of amides is 4. The first kappa shape index (κ1) is 29.7. The molecule has 4 amide bonds. The zero-order chi connectivity index (χ0) is 32.0. The Hall–Kier alpha value is -3.98. The third kappa shape index (κ3) is 4.02. The van der Waals surface area contributed by atoms with Crippen LogP contribution in [0.2, 0.25) is 5.02 Å². The third-order valence-electron chi connectivity index (χ3n) is 9.74. The van der Waals surface area contributed by atoms with Crippen molar-refractivity contribution in [2.75, 3.05) is 11.9 Å². The average molecular weight is 664 g/mol. The van der Waals surface area contributed by atoms with Crippen molar-refractivity contribution in [1.82, 2.24) is 4.90 Å². The highest BCUT2D eigenvalue weighted by atomic mass is 35.5. The quantitative estimate of drug-likeness (QED) is 0.172. The number of allylic oxidation sites excluding steroid dienone is 2. The van der Waals surface area contributed by atoms with Crippen LogP contribution >= 0.6 is 34.8 Å². The number of phenolic OH excluding ortho intramolecular Hbond substituents is 1. The standard InChI is InChI=1S/C34H25Cl3N2O6/c1-38-31(44)33(36)16-24-21(27(34(33,37)32(38)45)23-15-19(35)9-14-25(23)40)12-13-22-26(24)30(43)39(29(22)42)20-10-7-18(8-11-20)28(41)17-5-3-2-4-6-17/h2-12,14-15,22,24,26-27,40H,13,16H2,1H3. The maximum absolute atomic E-state index is 14.2. The van der Waals surface area contributed by atoms with Gasteiger partial charge in [0.15, 0.2) is 15.5 Å². The number of fused-ring (bicyclic) bond motifs is 4. The largest absolute Gasteiger partial charge is 0.508 e.